The van der Waals surface area contributed by atoms with Gasteiger partial charge in [-0.05, 0) is 17.7 Å². The third-order valence-corrected chi connectivity index (χ3v) is 3.99. The lowest BCUT2D eigenvalue weighted by Gasteiger charge is -2.16. The second kappa shape index (κ2) is 8.29. The van der Waals surface area contributed by atoms with Gasteiger partial charge in [0.1, 0.15) is 12.1 Å². The summed E-state index contributed by atoms with van der Waals surface area (Å²) in [6.45, 7) is -0.608. The monoisotopic (exact) mass is 366 g/mol. The Labute approximate surface area is 155 Å². The van der Waals surface area contributed by atoms with E-state index < -0.39 is 24.5 Å². The molecule has 27 heavy (non-hydrogen) atoms. The van der Waals surface area contributed by atoms with Crippen LogP contribution >= 0.6 is 0 Å². The number of benzene rings is 2. The number of hydrogen-bond donors (Lipinski definition) is 3. The molecule has 1 aromatic heterocycles. The van der Waals surface area contributed by atoms with E-state index in [-0.39, 0.29) is 23.4 Å². The lowest BCUT2D eigenvalue weighted by Crippen LogP contribution is -2.44. The highest BCUT2D eigenvalue weighted by Crippen LogP contribution is 2.26. The molecule has 3 rings (SSSR count). The van der Waals surface area contributed by atoms with Gasteiger partial charge < -0.3 is 20.3 Å². The quantitative estimate of drug-likeness (QED) is 0.574. The van der Waals surface area contributed by atoms with Crippen molar-refractivity contribution < 1.29 is 24.5 Å². The molecule has 7 nitrogen and oxygen atoms in total. The maximum absolute atomic E-state index is 12.4. The van der Waals surface area contributed by atoms with Crippen molar-refractivity contribution in [1.82, 2.24) is 10.3 Å². The molecule has 0 aliphatic rings. The van der Waals surface area contributed by atoms with Crippen LogP contribution in [0.25, 0.3) is 10.9 Å². The van der Waals surface area contributed by atoms with Crippen LogP contribution in [0.1, 0.15) is 15.9 Å². The van der Waals surface area contributed by atoms with Gasteiger partial charge in [-0.15, -0.1) is 0 Å². The van der Waals surface area contributed by atoms with E-state index in [1.54, 1.807) is 30.3 Å². The van der Waals surface area contributed by atoms with Crippen LogP contribution in [0.15, 0.2) is 60.8 Å². The first-order chi connectivity index (χ1) is 13.1. The van der Waals surface area contributed by atoms with Gasteiger partial charge in [-0.2, -0.15) is 0 Å². The number of rotatable bonds is 6. The molecule has 3 aromatic rings. The van der Waals surface area contributed by atoms with Crippen molar-refractivity contribution in [2.24, 2.45) is 0 Å². The number of aromatic nitrogens is 1. The number of phenols is 1. The normalized spacial score (nSPS) is 11.7. The molecule has 1 heterocycles. The third kappa shape index (κ3) is 4.21. The molecule has 0 bridgehead atoms. The molecule has 1 atom stereocenters. The van der Waals surface area contributed by atoms with Gasteiger partial charge in [0.15, 0.2) is 11.8 Å². The van der Waals surface area contributed by atoms with Crippen LogP contribution in [-0.4, -0.2) is 39.7 Å². The standard InChI is InChI=1S/C20H18N2O5/c23-11-16(20(26)27-12-13-5-2-1-3-6-13)22-19(25)15-9-8-14-7-4-10-21-17(14)18(15)24/h1-10,16,23-24H,11-12H2,(H,22,25). The maximum Gasteiger partial charge on any atom is 0.331 e. The Morgan fingerprint density at radius 2 is 1.85 bits per heavy atom. The molecule has 138 valence electrons. The van der Waals surface area contributed by atoms with Crippen LogP contribution < -0.4 is 5.32 Å². The van der Waals surface area contributed by atoms with Crippen LogP contribution in [0, 0.1) is 0 Å². The number of hydrogen-bond acceptors (Lipinski definition) is 6. The Balaban J connectivity index is 1.69. The summed E-state index contributed by atoms with van der Waals surface area (Å²) in [5.74, 6) is -1.77. The van der Waals surface area contributed by atoms with Gasteiger partial charge in [-0.25, -0.2) is 4.79 Å². The van der Waals surface area contributed by atoms with Crippen molar-refractivity contribution in [2.45, 2.75) is 12.6 Å². The Morgan fingerprint density at radius 1 is 1.07 bits per heavy atom. The van der Waals surface area contributed by atoms with E-state index in [1.165, 1.54) is 12.3 Å². The summed E-state index contributed by atoms with van der Waals surface area (Å²) in [5, 5.41) is 22.8. The van der Waals surface area contributed by atoms with Crippen LogP contribution in [-0.2, 0) is 16.1 Å². The molecule has 0 fully saturated rings. The number of phenolic OH excluding ortho intramolecular Hbond substituents is 1. The lowest BCUT2D eigenvalue weighted by atomic mass is 10.1. The van der Waals surface area contributed by atoms with Crippen LogP contribution in [0.4, 0.5) is 0 Å². The fourth-order valence-corrected chi connectivity index (χ4v) is 2.56. The summed E-state index contributed by atoms with van der Waals surface area (Å²) in [5.41, 5.74) is 1.01. The van der Waals surface area contributed by atoms with Crippen molar-refractivity contribution >= 4 is 22.8 Å². The van der Waals surface area contributed by atoms with E-state index in [9.17, 15) is 19.8 Å². The molecule has 1 amide bonds. The van der Waals surface area contributed by atoms with E-state index in [1.807, 2.05) is 18.2 Å². The minimum absolute atomic E-state index is 0.0250. The topological polar surface area (TPSA) is 109 Å². The van der Waals surface area contributed by atoms with E-state index in [2.05, 4.69) is 10.3 Å². The number of carbonyl (C=O) groups excluding carboxylic acids is 2. The van der Waals surface area contributed by atoms with E-state index >= 15 is 0 Å². The zero-order chi connectivity index (χ0) is 19.2. The minimum atomic E-state index is -1.25. The number of fused-ring (bicyclic) bond motifs is 1. The SMILES string of the molecule is O=C(NC(CO)C(=O)OCc1ccccc1)c1ccc2cccnc2c1O. The Bertz CT molecular complexity index is 959. The molecule has 3 N–H and O–H groups in total. The highest BCUT2D eigenvalue weighted by atomic mass is 16.5. The zero-order valence-electron chi connectivity index (χ0n) is 14.3. The van der Waals surface area contributed by atoms with Crippen molar-refractivity contribution in [3.63, 3.8) is 0 Å². The van der Waals surface area contributed by atoms with Crippen LogP contribution in [0.2, 0.25) is 0 Å². The maximum atomic E-state index is 12.4. The zero-order valence-corrected chi connectivity index (χ0v) is 14.3. The number of aliphatic hydroxyl groups is 1. The van der Waals surface area contributed by atoms with Crippen molar-refractivity contribution in [3.05, 3.63) is 71.9 Å². The molecule has 0 aliphatic carbocycles. The first-order valence-electron chi connectivity index (χ1n) is 8.29. The molecule has 2 aromatic carbocycles. The van der Waals surface area contributed by atoms with Gasteiger partial charge >= 0.3 is 5.97 Å². The Hall–Kier alpha value is -3.45. The Kier molecular flexibility index (Phi) is 5.63. The molecule has 0 radical (unpaired) electrons. The average molecular weight is 366 g/mol. The largest absolute Gasteiger partial charge is 0.505 e. The first kappa shape index (κ1) is 18.3. The first-order valence-corrected chi connectivity index (χ1v) is 8.29. The molecular formula is C20H18N2O5. The predicted molar refractivity (Wildman–Crippen MR) is 98.0 cm³/mol. The van der Waals surface area contributed by atoms with E-state index in [0.29, 0.717) is 5.39 Å². The molecule has 0 spiro atoms. The summed E-state index contributed by atoms with van der Waals surface area (Å²) in [7, 11) is 0. The molecular weight excluding hydrogens is 348 g/mol. The number of nitrogens with zero attached hydrogens (tertiary/aromatic N) is 1. The number of ether oxygens (including phenoxy) is 1. The summed E-state index contributed by atoms with van der Waals surface area (Å²) in [6.07, 6.45) is 1.50. The average Bonchev–Trinajstić information content (AvgIpc) is 2.71. The number of carbonyl (C=O) groups is 2. The fraction of sp³-hybridized carbons (Fsp3) is 0.150. The molecule has 0 saturated carbocycles. The highest BCUT2D eigenvalue weighted by Gasteiger charge is 2.24. The van der Waals surface area contributed by atoms with Gasteiger partial charge in [0, 0.05) is 11.6 Å². The highest BCUT2D eigenvalue weighted by molar-refractivity contribution is 6.03. The van der Waals surface area contributed by atoms with Crippen molar-refractivity contribution in [3.8, 4) is 5.75 Å². The summed E-state index contributed by atoms with van der Waals surface area (Å²) < 4.78 is 5.13. The third-order valence-electron chi connectivity index (χ3n) is 3.99. The summed E-state index contributed by atoms with van der Waals surface area (Å²) in [6, 6.07) is 14.3. The number of pyridine rings is 1. The summed E-state index contributed by atoms with van der Waals surface area (Å²) in [4.78, 5) is 28.6. The fourth-order valence-electron chi connectivity index (χ4n) is 2.56. The summed E-state index contributed by atoms with van der Waals surface area (Å²) >= 11 is 0. The Morgan fingerprint density at radius 3 is 2.59 bits per heavy atom. The van der Waals surface area contributed by atoms with Gasteiger partial charge in [0.2, 0.25) is 0 Å². The second-order valence-corrected chi connectivity index (χ2v) is 5.84. The number of amides is 1. The number of nitrogens with one attached hydrogen (secondary N) is 1. The second-order valence-electron chi connectivity index (χ2n) is 5.84. The van der Waals surface area contributed by atoms with Gasteiger partial charge in [0.25, 0.3) is 5.91 Å². The molecule has 0 saturated heterocycles. The lowest BCUT2D eigenvalue weighted by molar-refractivity contribution is -0.148. The van der Waals surface area contributed by atoms with Crippen molar-refractivity contribution in [2.75, 3.05) is 6.61 Å². The van der Waals surface area contributed by atoms with Crippen molar-refractivity contribution in [1.29, 1.82) is 0 Å². The van der Waals surface area contributed by atoms with Gasteiger partial charge in [-0.1, -0.05) is 42.5 Å². The predicted octanol–water partition coefficient (Wildman–Crippen LogP) is 1.77. The molecule has 7 heteroatoms. The van der Waals surface area contributed by atoms with Crippen LogP contribution in [0.3, 0.4) is 0 Å². The van der Waals surface area contributed by atoms with Crippen LogP contribution in [0.5, 0.6) is 5.75 Å². The minimum Gasteiger partial charge on any atom is -0.505 e. The molecule has 0 aliphatic heterocycles. The van der Waals surface area contributed by atoms with E-state index in [4.69, 9.17) is 4.74 Å². The number of aromatic hydroxyl groups is 1. The molecule has 1 unspecified atom stereocenters. The smallest absolute Gasteiger partial charge is 0.331 e. The van der Waals surface area contributed by atoms with E-state index in [0.717, 1.165) is 5.56 Å². The number of aliphatic hydroxyl groups excluding tert-OH is 1. The van der Waals surface area contributed by atoms with Gasteiger partial charge in [0.05, 0.1) is 12.2 Å². The van der Waals surface area contributed by atoms with Gasteiger partial charge in [-0.3, -0.25) is 9.78 Å². The number of esters is 1.